The van der Waals surface area contributed by atoms with Gasteiger partial charge in [-0.1, -0.05) is 87.6 Å². The monoisotopic (exact) mass is 588 g/mol. The van der Waals surface area contributed by atoms with E-state index in [1.807, 2.05) is 6.21 Å². The Bertz CT molecular complexity index is 1440. The van der Waals surface area contributed by atoms with E-state index in [0.29, 0.717) is 24.2 Å². The fourth-order valence-electron chi connectivity index (χ4n) is 6.89. The molecule has 0 aromatic heterocycles. The number of ketones is 1. The van der Waals surface area contributed by atoms with Crippen molar-refractivity contribution in [3.63, 3.8) is 0 Å². The SMILES string of the molecule is C=C1CN=CC=C(N2CC/C=C(\C(=O)C3CC3)CCC2)/C1=C/C(=C\C)c1ccc([C@]2(C)/C=C/CC/C(=C\C(C)C)CC2)cc1. The van der Waals surface area contributed by atoms with Crippen molar-refractivity contribution in [1.29, 1.82) is 0 Å². The Hall–Kier alpha value is -3.46. The first kappa shape index (κ1) is 31.9. The number of Topliss-reactive ketones (excluding diaryl/α,β-unsaturated/α-hetero) is 1. The van der Waals surface area contributed by atoms with Crippen LogP contribution in [-0.2, 0) is 10.2 Å². The number of allylic oxidation sites excluding steroid dienone is 10. The van der Waals surface area contributed by atoms with Gasteiger partial charge in [0, 0.05) is 41.9 Å². The van der Waals surface area contributed by atoms with Crippen LogP contribution in [0.2, 0.25) is 0 Å². The first-order chi connectivity index (χ1) is 21.3. The normalized spacial score (nSPS) is 27.6. The molecular formula is C41H52N2O. The highest BCUT2D eigenvalue weighted by atomic mass is 16.1. The number of nitrogens with zero attached hydrogens (tertiary/aromatic N) is 2. The predicted octanol–water partition coefficient (Wildman–Crippen LogP) is 9.90. The molecule has 0 bridgehead atoms. The fourth-order valence-corrected chi connectivity index (χ4v) is 6.89. The lowest BCUT2D eigenvalue weighted by atomic mass is 9.75. The zero-order valence-corrected chi connectivity index (χ0v) is 27.6. The third kappa shape index (κ3) is 7.97. The van der Waals surface area contributed by atoms with Gasteiger partial charge in [0.25, 0.3) is 0 Å². The van der Waals surface area contributed by atoms with E-state index in [0.717, 1.165) is 81.2 Å². The van der Waals surface area contributed by atoms with E-state index < -0.39 is 0 Å². The van der Waals surface area contributed by atoms with Crippen LogP contribution >= 0.6 is 0 Å². The summed E-state index contributed by atoms with van der Waals surface area (Å²) >= 11 is 0. The van der Waals surface area contributed by atoms with Gasteiger partial charge in [-0.15, -0.1) is 0 Å². The molecule has 0 radical (unpaired) electrons. The van der Waals surface area contributed by atoms with E-state index in [4.69, 9.17) is 0 Å². The van der Waals surface area contributed by atoms with Crippen molar-refractivity contribution in [3.8, 4) is 0 Å². The van der Waals surface area contributed by atoms with Gasteiger partial charge >= 0.3 is 0 Å². The summed E-state index contributed by atoms with van der Waals surface area (Å²) in [6.45, 7) is 16.0. The summed E-state index contributed by atoms with van der Waals surface area (Å²) in [5, 5.41) is 0. The lowest BCUT2D eigenvalue weighted by molar-refractivity contribution is -0.116. The summed E-state index contributed by atoms with van der Waals surface area (Å²) in [4.78, 5) is 19.8. The van der Waals surface area contributed by atoms with E-state index in [1.165, 1.54) is 28.8 Å². The number of aliphatic imine (C=N–C) groups is 1. The molecule has 2 heterocycles. The molecule has 0 spiro atoms. The smallest absolute Gasteiger partial charge is 0.161 e. The van der Waals surface area contributed by atoms with E-state index in [1.54, 1.807) is 5.57 Å². The zero-order valence-electron chi connectivity index (χ0n) is 27.6. The van der Waals surface area contributed by atoms with Gasteiger partial charge in [-0.3, -0.25) is 9.79 Å². The number of carbonyl (C=O) groups excluding carboxylic acids is 1. The average Bonchev–Trinajstić information content (AvgIpc) is 3.85. The van der Waals surface area contributed by atoms with Gasteiger partial charge in [-0.05, 0) is 111 Å². The maximum Gasteiger partial charge on any atom is 0.161 e. The molecule has 1 fully saturated rings. The van der Waals surface area contributed by atoms with Crippen LogP contribution in [0, 0.1) is 11.8 Å². The molecule has 0 amide bonds. The topological polar surface area (TPSA) is 32.7 Å². The predicted molar refractivity (Wildman–Crippen MR) is 188 cm³/mol. The van der Waals surface area contributed by atoms with Crippen LogP contribution in [0.15, 0.2) is 106 Å². The summed E-state index contributed by atoms with van der Waals surface area (Å²) in [5.74, 6) is 1.32. The Labute approximate surface area is 266 Å². The second-order valence-electron chi connectivity index (χ2n) is 13.7. The van der Waals surface area contributed by atoms with E-state index in [2.05, 4.69) is 111 Å². The van der Waals surface area contributed by atoms with Crippen LogP contribution in [-0.4, -0.2) is 36.5 Å². The highest BCUT2D eigenvalue weighted by Gasteiger charge is 2.32. The minimum Gasteiger partial charge on any atom is -0.371 e. The first-order valence-electron chi connectivity index (χ1n) is 17.0. The Morgan fingerprint density at radius 3 is 2.61 bits per heavy atom. The summed E-state index contributed by atoms with van der Waals surface area (Å²) < 4.78 is 0. The van der Waals surface area contributed by atoms with Gasteiger partial charge in [0.05, 0.1) is 6.54 Å². The van der Waals surface area contributed by atoms with Crippen LogP contribution in [0.5, 0.6) is 0 Å². The highest BCUT2D eigenvalue weighted by Crippen LogP contribution is 2.37. The van der Waals surface area contributed by atoms with Crippen molar-refractivity contribution < 1.29 is 4.79 Å². The Kier molecular flexibility index (Phi) is 10.6. The van der Waals surface area contributed by atoms with E-state index in [-0.39, 0.29) is 5.41 Å². The number of hydrogen-bond acceptors (Lipinski definition) is 3. The second kappa shape index (κ2) is 14.5. The molecule has 0 N–H and O–H groups in total. The lowest BCUT2D eigenvalue weighted by Crippen LogP contribution is -2.28. The minimum atomic E-state index is 0.0372. The van der Waals surface area contributed by atoms with Crippen LogP contribution < -0.4 is 0 Å². The summed E-state index contributed by atoms with van der Waals surface area (Å²) in [5.41, 5.74) is 9.91. The molecule has 1 aromatic rings. The maximum absolute atomic E-state index is 12.7. The van der Waals surface area contributed by atoms with Crippen molar-refractivity contribution in [2.75, 3.05) is 19.6 Å². The zero-order chi connectivity index (χ0) is 31.1. The van der Waals surface area contributed by atoms with Gasteiger partial charge in [0.2, 0.25) is 0 Å². The molecule has 1 atom stereocenters. The standard InChI is InChI=1S/C41H52N2O/c1-6-33(34-16-18-37(19-17-34)41(5)22-8-7-11-32(20-23-41)27-30(2)3)28-38-31(4)29-42-24-21-39(38)43-25-9-12-35(13-10-26-43)40(44)36-14-15-36/h6,8,12,16-19,21-22,24,27-28,30,36H,4,7,9-11,13-15,20,23,25-26,29H2,1-3,5H3/b22-8+,32-27+,33-6+,35-12-,38-28+/t41-/m1/s1. The van der Waals surface area contributed by atoms with Crippen molar-refractivity contribution in [2.24, 2.45) is 16.8 Å². The molecule has 0 unspecified atom stereocenters. The molecule has 0 saturated heterocycles. The number of benzene rings is 1. The van der Waals surface area contributed by atoms with Crippen LogP contribution in [0.1, 0.15) is 96.6 Å². The Morgan fingerprint density at radius 2 is 1.89 bits per heavy atom. The number of carbonyl (C=O) groups is 1. The second-order valence-corrected chi connectivity index (χ2v) is 13.7. The average molecular weight is 589 g/mol. The summed E-state index contributed by atoms with van der Waals surface area (Å²) in [6, 6.07) is 9.26. The van der Waals surface area contributed by atoms with E-state index >= 15 is 0 Å². The van der Waals surface area contributed by atoms with Crippen molar-refractivity contribution >= 4 is 17.6 Å². The van der Waals surface area contributed by atoms with Crippen LogP contribution in [0.25, 0.3) is 5.57 Å². The van der Waals surface area contributed by atoms with Gasteiger partial charge in [-0.2, -0.15) is 0 Å². The molecule has 2 aliphatic carbocycles. The molecule has 5 rings (SSSR count). The molecule has 2 aliphatic heterocycles. The molecule has 44 heavy (non-hydrogen) atoms. The van der Waals surface area contributed by atoms with E-state index in [9.17, 15) is 4.79 Å². The summed E-state index contributed by atoms with van der Waals surface area (Å²) in [6.07, 6.45) is 27.7. The fraction of sp³-hybridized carbons (Fsp3) is 0.463. The molecular weight excluding hydrogens is 536 g/mol. The highest BCUT2D eigenvalue weighted by molar-refractivity contribution is 5.98. The third-order valence-corrected chi connectivity index (χ3v) is 9.69. The van der Waals surface area contributed by atoms with Gasteiger partial charge in [-0.25, -0.2) is 0 Å². The molecule has 3 nitrogen and oxygen atoms in total. The number of rotatable bonds is 7. The molecule has 4 aliphatic rings. The molecule has 3 heteroatoms. The van der Waals surface area contributed by atoms with Gasteiger partial charge in [0.15, 0.2) is 5.78 Å². The first-order valence-corrected chi connectivity index (χ1v) is 17.0. The van der Waals surface area contributed by atoms with Crippen LogP contribution in [0.4, 0.5) is 0 Å². The Balaban J connectivity index is 1.35. The molecule has 232 valence electrons. The largest absolute Gasteiger partial charge is 0.371 e. The molecule has 1 saturated carbocycles. The van der Waals surface area contributed by atoms with Gasteiger partial charge in [0.1, 0.15) is 0 Å². The van der Waals surface area contributed by atoms with Crippen molar-refractivity contribution in [3.05, 3.63) is 112 Å². The quantitative estimate of drug-likeness (QED) is 0.297. The molecule has 1 aromatic carbocycles. The van der Waals surface area contributed by atoms with Crippen molar-refractivity contribution in [2.45, 2.75) is 90.9 Å². The third-order valence-electron chi connectivity index (χ3n) is 9.69. The Morgan fingerprint density at radius 1 is 1.09 bits per heavy atom. The maximum atomic E-state index is 12.7. The minimum absolute atomic E-state index is 0.0372. The lowest BCUT2D eigenvalue weighted by Gasteiger charge is -2.31. The van der Waals surface area contributed by atoms with Gasteiger partial charge < -0.3 is 4.90 Å². The van der Waals surface area contributed by atoms with Crippen molar-refractivity contribution in [1.82, 2.24) is 4.90 Å². The number of hydrogen-bond donors (Lipinski definition) is 0. The van der Waals surface area contributed by atoms with Crippen LogP contribution in [0.3, 0.4) is 0 Å². The summed E-state index contributed by atoms with van der Waals surface area (Å²) in [7, 11) is 0.